The minimum atomic E-state index is -0.242. The first-order valence-electron chi connectivity index (χ1n) is 5.75. The van der Waals surface area contributed by atoms with Crippen LogP contribution in [0.2, 0.25) is 0 Å². The molecular weight excluding hydrogens is 258 g/mol. The molecule has 0 aliphatic rings. The third-order valence-electron chi connectivity index (χ3n) is 2.45. The lowest BCUT2D eigenvalue weighted by Crippen LogP contribution is -2.34. The lowest BCUT2D eigenvalue weighted by molar-refractivity contribution is 0.0978. The Kier molecular flexibility index (Phi) is 4.20. The van der Waals surface area contributed by atoms with Crippen molar-refractivity contribution in [1.29, 1.82) is 0 Å². The lowest BCUT2D eigenvalue weighted by Gasteiger charge is -2.08. The third-order valence-corrected chi connectivity index (χ3v) is 2.65. The van der Waals surface area contributed by atoms with Gasteiger partial charge in [-0.1, -0.05) is 23.8 Å². The number of pyridine rings is 1. The Hall–Kier alpha value is -2.27. The second-order valence-electron chi connectivity index (χ2n) is 3.99. The van der Waals surface area contributed by atoms with Gasteiger partial charge in [0.1, 0.15) is 5.82 Å². The van der Waals surface area contributed by atoms with Crippen LogP contribution in [-0.2, 0) is 0 Å². The summed E-state index contributed by atoms with van der Waals surface area (Å²) in [4.78, 5) is 16.0. The molecule has 0 atom stereocenters. The predicted octanol–water partition coefficient (Wildman–Crippen LogP) is 2.52. The molecule has 4 nitrogen and oxygen atoms in total. The monoisotopic (exact) mass is 271 g/mol. The zero-order valence-electron chi connectivity index (χ0n) is 10.4. The Bertz CT molecular complexity index is 581. The highest BCUT2D eigenvalue weighted by atomic mass is 32.1. The molecular formula is C14H13N3OS. The van der Waals surface area contributed by atoms with Crippen molar-refractivity contribution in [2.75, 3.05) is 5.32 Å². The van der Waals surface area contributed by atoms with Crippen molar-refractivity contribution in [3.63, 3.8) is 0 Å². The molecule has 0 radical (unpaired) electrons. The van der Waals surface area contributed by atoms with Gasteiger partial charge in [0.15, 0.2) is 5.11 Å². The highest BCUT2D eigenvalue weighted by Crippen LogP contribution is 2.03. The molecule has 0 unspecified atom stereocenters. The summed E-state index contributed by atoms with van der Waals surface area (Å²) in [5.74, 6) is 0.352. The maximum Gasteiger partial charge on any atom is 0.257 e. The molecule has 0 spiro atoms. The first-order valence-corrected chi connectivity index (χ1v) is 6.16. The van der Waals surface area contributed by atoms with Crippen LogP contribution in [0.5, 0.6) is 0 Å². The van der Waals surface area contributed by atoms with Crippen LogP contribution in [-0.4, -0.2) is 16.0 Å². The molecule has 19 heavy (non-hydrogen) atoms. The number of amides is 1. The highest BCUT2D eigenvalue weighted by molar-refractivity contribution is 7.80. The second-order valence-corrected chi connectivity index (χ2v) is 4.40. The fourth-order valence-corrected chi connectivity index (χ4v) is 1.66. The molecule has 0 saturated heterocycles. The molecule has 1 amide bonds. The molecule has 2 N–H and O–H groups in total. The number of hydrogen-bond acceptors (Lipinski definition) is 3. The number of rotatable bonds is 2. The van der Waals surface area contributed by atoms with E-state index in [9.17, 15) is 4.79 Å². The molecule has 0 fully saturated rings. The Morgan fingerprint density at radius 3 is 2.53 bits per heavy atom. The maximum atomic E-state index is 11.9. The first-order chi connectivity index (χ1) is 9.15. The average molecular weight is 271 g/mol. The molecule has 96 valence electrons. The Morgan fingerprint density at radius 1 is 1.16 bits per heavy atom. The normalized spacial score (nSPS) is 9.74. The van der Waals surface area contributed by atoms with Crippen LogP contribution in [0.3, 0.4) is 0 Å². The molecule has 0 aliphatic heterocycles. The molecule has 1 aromatic carbocycles. The minimum Gasteiger partial charge on any atom is -0.317 e. The first kappa shape index (κ1) is 13.2. The van der Waals surface area contributed by atoms with Gasteiger partial charge in [-0.2, -0.15) is 0 Å². The van der Waals surface area contributed by atoms with Crippen LogP contribution >= 0.6 is 12.2 Å². The largest absolute Gasteiger partial charge is 0.317 e. The van der Waals surface area contributed by atoms with Gasteiger partial charge >= 0.3 is 0 Å². The van der Waals surface area contributed by atoms with Gasteiger partial charge in [0.2, 0.25) is 0 Å². The van der Waals surface area contributed by atoms with Crippen molar-refractivity contribution in [3.8, 4) is 0 Å². The van der Waals surface area contributed by atoms with Crippen molar-refractivity contribution in [3.05, 3.63) is 59.8 Å². The quantitative estimate of drug-likeness (QED) is 0.824. The highest BCUT2D eigenvalue weighted by Gasteiger charge is 2.07. The van der Waals surface area contributed by atoms with Crippen molar-refractivity contribution in [1.82, 2.24) is 10.3 Å². The zero-order valence-corrected chi connectivity index (χ0v) is 11.2. The van der Waals surface area contributed by atoms with Crippen LogP contribution in [0.25, 0.3) is 0 Å². The number of aryl methyl sites for hydroxylation is 1. The molecule has 1 aromatic heterocycles. The maximum absolute atomic E-state index is 11.9. The van der Waals surface area contributed by atoms with Crippen molar-refractivity contribution in [2.45, 2.75) is 6.92 Å². The summed E-state index contributed by atoms with van der Waals surface area (Å²) in [5, 5.41) is 5.67. The van der Waals surface area contributed by atoms with E-state index < -0.39 is 0 Å². The summed E-state index contributed by atoms with van der Waals surface area (Å²) in [6.07, 6.45) is 1.65. The molecule has 1 heterocycles. The summed E-state index contributed by atoms with van der Waals surface area (Å²) < 4.78 is 0. The SMILES string of the molecule is Cc1ccc(C(=O)NC(=S)Nc2ccccn2)cc1. The van der Waals surface area contributed by atoms with Gasteiger partial charge in [-0.3, -0.25) is 10.1 Å². The molecule has 5 heteroatoms. The van der Waals surface area contributed by atoms with E-state index in [2.05, 4.69) is 15.6 Å². The summed E-state index contributed by atoms with van der Waals surface area (Å²) in [7, 11) is 0. The number of anilines is 1. The minimum absolute atomic E-state index is 0.226. The molecule has 0 aliphatic carbocycles. The number of aromatic nitrogens is 1. The number of nitrogens with zero attached hydrogens (tertiary/aromatic N) is 1. The van der Waals surface area contributed by atoms with Gasteiger partial charge in [-0.05, 0) is 43.4 Å². The number of carbonyl (C=O) groups excluding carboxylic acids is 1. The van der Waals surface area contributed by atoms with Crippen LogP contribution in [0.1, 0.15) is 15.9 Å². The topological polar surface area (TPSA) is 54.0 Å². The number of hydrogen-bond donors (Lipinski definition) is 2. The van der Waals surface area contributed by atoms with Crippen LogP contribution in [0.4, 0.5) is 5.82 Å². The number of nitrogens with one attached hydrogen (secondary N) is 2. The second kappa shape index (κ2) is 6.06. The molecule has 2 rings (SSSR count). The standard InChI is InChI=1S/C14H13N3OS/c1-10-5-7-11(8-6-10)13(18)17-14(19)16-12-4-2-3-9-15-12/h2-9H,1H3,(H2,15,16,17,18,19). The van der Waals surface area contributed by atoms with E-state index in [4.69, 9.17) is 12.2 Å². The zero-order chi connectivity index (χ0) is 13.7. The smallest absolute Gasteiger partial charge is 0.257 e. The van der Waals surface area contributed by atoms with E-state index in [1.165, 1.54) is 0 Å². The van der Waals surface area contributed by atoms with Crippen LogP contribution in [0.15, 0.2) is 48.7 Å². The fourth-order valence-electron chi connectivity index (χ4n) is 1.46. The Balaban J connectivity index is 1.95. The van der Waals surface area contributed by atoms with Gasteiger partial charge in [0.05, 0.1) is 0 Å². The van der Waals surface area contributed by atoms with Gasteiger partial charge < -0.3 is 5.32 Å². The van der Waals surface area contributed by atoms with Crippen LogP contribution in [0, 0.1) is 6.92 Å². The van der Waals surface area contributed by atoms with Crippen molar-refractivity contribution < 1.29 is 4.79 Å². The molecule has 0 bridgehead atoms. The summed E-state index contributed by atoms with van der Waals surface area (Å²) in [6.45, 7) is 1.97. The van der Waals surface area contributed by atoms with Gasteiger partial charge in [-0.15, -0.1) is 0 Å². The number of carbonyl (C=O) groups is 1. The van der Waals surface area contributed by atoms with Gasteiger partial charge in [-0.25, -0.2) is 4.98 Å². The van der Waals surface area contributed by atoms with E-state index in [1.54, 1.807) is 30.5 Å². The lowest BCUT2D eigenvalue weighted by atomic mass is 10.1. The number of benzene rings is 1. The van der Waals surface area contributed by atoms with Crippen molar-refractivity contribution >= 4 is 29.1 Å². The van der Waals surface area contributed by atoms with Gasteiger partial charge in [0, 0.05) is 11.8 Å². The van der Waals surface area contributed by atoms with E-state index in [0.29, 0.717) is 11.4 Å². The van der Waals surface area contributed by atoms with E-state index in [0.717, 1.165) is 5.56 Å². The van der Waals surface area contributed by atoms with E-state index >= 15 is 0 Å². The predicted molar refractivity (Wildman–Crippen MR) is 79.1 cm³/mol. The van der Waals surface area contributed by atoms with Gasteiger partial charge in [0.25, 0.3) is 5.91 Å². The van der Waals surface area contributed by atoms with E-state index in [1.807, 2.05) is 25.1 Å². The van der Waals surface area contributed by atoms with Crippen LogP contribution < -0.4 is 10.6 Å². The fraction of sp³-hybridized carbons (Fsp3) is 0.0714. The number of thiocarbonyl (C=S) groups is 1. The Labute approximate surface area is 116 Å². The third kappa shape index (κ3) is 3.86. The average Bonchev–Trinajstić information content (AvgIpc) is 2.40. The summed E-state index contributed by atoms with van der Waals surface area (Å²) >= 11 is 5.05. The summed E-state index contributed by atoms with van der Waals surface area (Å²) in [5.41, 5.74) is 1.67. The summed E-state index contributed by atoms with van der Waals surface area (Å²) in [6, 6.07) is 12.7. The molecule has 0 saturated carbocycles. The Morgan fingerprint density at radius 2 is 1.89 bits per heavy atom. The van der Waals surface area contributed by atoms with Crippen molar-refractivity contribution in [2.24, 2.45) is 0 Å². The molecule has 2 aromatic rings. The van der Waals surface area contributed by atoms with E-state index in [-0.39, 0.29) is 11.0 Å².